The van der Waals surface area contributed by atoms with Crippen LogP contribution in [0.5, 0.6) is 0 Å². The molecule has 2 N–H and O–H groups in total. The molecule has 1 atom stereocenters. The Morgan fingerprint density at radius 2 is 1.55 bits per heavy atom. The molecule has 0 amide bonds. The monoisotopic (exact) mass is 278 g/mol. The number of hydrogen-bond acceptors (Lipinski definition) is 2. The second-order valence-corrected chi connectivity index (χ2v) is 7.26. The van der Waals surface area contributed by atoms with Gasteiger partial charge in [-0.3, -0.25) is 4.90 Å². The predicted octanol–water partition coefficient (Wildman–Crippen LogP) is 4.25. The summed E-state index contributed by atoms with van der Waals surface area (Å²) in [7, 11) is 0. The zero-order valence-electron chi connectivity index (χ0n) is 13.7. The molecular formula is C18H34N2. The summed E-state index contributed by atoms with van der Waals surface area (Å²) in [5, 5.41) is 0. The molecule has 0 saturated carbocycles. The van der Waals surface area contributed by atoms with Crippen LogP contribution < -0.4 is 5.73 Å². The Morgan fingerprint density at radius 1 is 0.950 bits per heavy atom. The number of rotatable bonds is 3. The third-order valence-corrected chi connectivity index (χ3v) is 5.41. The van der Waals surface area contributed by atoms with Crippen molar-refractivity contribution >= 4 is 0 Å². The van der Waals surface area contributed by atoms with Crippen molar-refractivity contribution in [2.24, 2.45) is 5.73 Å². The van der Waals surface area contributed by atoms with Gasteiger partial charge < -0.3 is 5.73 Å². The largest absolute Gasteiger partial charge is 0.323 e. The van der Waals surface area contributed by atoms with Gasteiger partial charge in [-0.15, -0.1) is 0 Å². The van der Waals surface area contributed by atoms with E-state index in [9.17, 15) is 0 Å². The Morgan fingerprint density at radius 3 is 2.25 bits per heavy atom. The van der Waals surface area contributed by atoms with Gasteiger partial charge in [-0.05, 0) is 65.5 Å². The van der Waals surface area contributed by atoms with Gasteiger partial charge in [-0.25, -0.2) is 0 Å². The van der Waals surface area contributed by atoms with Gasteiger partial charge in [-0.1, -0.05) is 37.3 Å². The summed E-state index contributed by atoms with van der Waals surface area (Å²) >= 11 is 0. The lowest BCUT2D eigenvalue weighted by Crippen LogP contribution is -2.57. The maximum atomic E-state index is 6.72. The molecule has 1 heterocycles. The minimum absolute atomic E-state index is 0.107. The van der Waals surface area contributed by atoms with E-state index in [0.717, 1.165) is 0 Å². The van der Waals surface area contributed by atoms with Crippen LogP contribution >= 0.6 is 0 Å². The van der Waals surface area contributed by atoms with Crippen LogP contribution in [0.15, 0.2) is 11.6 Å². The summed E-state index contributed by atoms with van der Waals surface area (Å²) in [4.78, 5) is 2.66. The topological polar surface area (TPSA) is 29.3 Å². The minimum atomic E-state index is 0.107. The number of hydrogen-bond donors (Lipinski definition) is 1. The first-order valence-corrected chi connectivity index (χ1v) is 8.82. The zero-order valence-corrected chi connectivity index (χ0v) is 13.7. The minimum Gasteiger partial charge on any atom is -0.323 e. The molecule has 0 aromatic carbocycles. The lowest BCUT2D eigenvalue weighted by molar-refractivity contribution is 0.107. The van der Waals surface area contributed by atoms with Crippen LogP contribution in [0.4, 0.5) is 0 Å². The average Bonchev–Trinajstić information content (AvgIpc) is 2.67. The van der Waals surface area contributed by atoms with Crippen molar-refractivity contribution in [3.8, 4) is 0 Å². The smallest absolute Gasteiger partial charge is 0.0435 e. The summed E-state index contributed by atoms with van der Waals surface area (Å²) in [5.74, 6) is 0. The maximum Gasteiger partial charge on any atom is 0.0435 e. The van der Waals surface area contributed by atoms with Crippen LogP contribution in [0.3, 0.4) is 0 Å². The van der Waals surface area contributed by atoms with Crippen LogP contribution in [0.1, 0.15) is 78.1 Å². The van der Waals surface area contributed by atoms with Gasteiger partial charge in [0.15, 0.2) is 0 Å². The molecule has 2 heteroatoms. The van der Waals surface area contributed by atoms with Crippen molar-refractivity contribution in [3.63, 3.8) is 0 Å². The van der Waals surface area contributed by atoms with E-state index >= 15 is 0 Å². The van der Waals surface area contributed by atoms with Gasteiger partial charge in [0.25, 0.3) is 0 Å². The fourth-order valence-corrected chi connectivity index (χ4v) is 3.80. The fraction of sp³-hybridized carbons (Fsp3) is 0.889. The summed E-state index contributed by atoms with van der Waals surface area (Å²) in [6, 6.07) is 0.207. The Hall–Kier alpha value is -0.340. The molecule has 1 fully saturated rings. The first kappa shape index (κ1) is 16.0. The van der Waals surface area contributed by atoms with E-state index in [-0.39, 0.29) is 11.6 Å². The van der Waals surface area contributed by atoms with E-state index in [4.69, 9.17) is 5.73 Å². The van der Waals surface area contributed by atoms with Crippen molar-refractivity contribution in [1.29, 1.82) is 0 Å². The van der Waals surface area contributed by atoms with E-state index in [1.54, 1.807) is 0 Å². The molecule has 20 heavy (non-hydrogen) atoms. The normalized spacial score (nSPS) is 25.2. The first-order chi connectivity index (χ1) is 9.62. The van der Waals surface area contributed by atoms with Gasteiger partial charge in [0.1, 0.15) is 0 Å². The highest BCUT2D eigenvalue weighted by atomic mass is 15.2. The third kappa shape index (κ3) is 4.08. The maximum absolute atomic E-state index is 6.72. The van der Waals surface area contributed by atoms with Crippen LogP contribution in [-0.4, -0.2) is 29.6 Å². The van der Waals surface area contributed by atoms with Crippen LogP contribution in [0.25, 0.3) is 0 Å². The second kappa shape index (κ2) is 7.61. The SMILES string of the molecule is CC(C)(C(N)C1=CCCCCCC1)N1CCCCCC1. The van der Waals surface area contributed by atoms with Crippen molar-refractivity contribution < 1.29 is 0 Å². The van der Waals surface area contributed by atoms with Gasteiger partial charge in [0.2, 0.25) is 0 Å². The molecule has 1 unspecified atom stereocenters. The molecule has 2 nitrogen and oxygen atoms in total. The second-order valence-electron chi connectivity index (χ2n) is 7.26. The van der Waals surface area contributed by atoms with Gasteiger partial charge >= 0.3 is 0 Å². The Bertz CT molecular complexity index is 311. The summed E-state index contributed by atoms with van der Waals surface area (Å²) < 4.78 is 0. The lowest BCUT2D eigenvalue weighted by Gasteiger charge is -2.43. The molecular weight excluding hydrogens is 244 g/mol. The van der Waals surface area contributed by atoms with Gasteiger partial charge in [0.05, 0.1) is 0 Å². The van der Waals surface area contributed by atoms with Crippen LogP contribution in [-0.2, 0) is 0 Å². The Kier molecular flexibility index (Phi) is 6.10. The van der Waals surface area contributed by atoms with Crippen molar-refractivity contribution in [3.05, 3.63) is 11.6 Å². The van der Waals surface area contributed by atoms with Crippen LogP contribution in [0.2, 0.25) is 0 Å². The van der Waals surface area contributed by atoms with E-state index in [2.05, 4.69) is 24.8 Å². The highest BCUT2D eigenvalue weighted by Crippen LogP contribution is 2.29. The number of likely N-dealkylation sites (tertiary alicyclic amines) is 1. The van der Waals surface area contributed by atoms with E-state index in [0.29, 0.717) is 0 Å². The summed E-state index contributed by atoms with van der Waals surface area (Å²) in [6.07, 6.45) is 15.8. The molecule has 1 saturated heterocycles. The molecule has 0 aromatic rings. The van der Waals surface area contributed by atoms with Crippen molar-refractivity contribution in [1.82, 2.24) is 4.90 Å². The van der Waals surface area contributed by atoms with Gasteiger partial charge in [0, 0.05) is 11.6 Å². The van der Waals surface area contributed by atoms with E-state index in [1.165, 1.54) is 82.9 Å². The number of nitrogens with zero attached hydrogens (tertiary/aromatic N) is 1. The summed E-state index contributed by atoms with van der Waals surface area (Å²) in [6.45, 7) is 7.19. The third-order valence-electron chi connectivity index (χ3n) is 5.41. The molecule has 2 rings (SSSR count). The summed E-state index contributed by atoms with van der Waals surface area (Å²) in [5.41, 5.74) is 8.35. The lowest BCUT2D eigenvalue weighted by atomic mass is 9.83. The van der Waals surface area contributed by atoms with E-state index < -0.39 is 0 Å². The molecule has 116 valence electrons. The van der Waals surface area contributed by atoms with Gasteiger partial charge in [-0.2, -0.15) is 0 Å². The number of nitrogens with two attached hydrogens (primary N) is 1. The number of allylic oxidation sites excluding steroid dienone is 1. The molecule has 0 aromatic heterocycles. The zero-order chi connectivity index (χ0) is 14.4. The average molecular weight is 278 g/mol. The molecule has 2 aliphatic rings. The van der Waals surface area contributed by atoms with Crippen molar-refractivity contribution in [2.45, 2.75) is 89.6 Å². The van der Waals surface area contributed by atoms with E-state index in [1.807, 2.05) is 0 Å². The molecule has 1 aliphatic heterocycles. The molecule has 0 radical (unpaired) electrons. The standard InChI is InChI=1S/C18H34N2/c1-18(2,20-14-10-6-7-11-15-20)17(19)16-12-8-4-3-5-9-13-16/h12,17H,3-11,13-15,19H2,1-2H3. The Balaban J connectivity index is 2.05. The molecule has 0 spiro atoms. The van der Waals surface area contributed by atoms with Crippen LogP contribution in [0, 0.1) is 0 Å². The van der Waals surface area contributed by atoms with Crippen molar-refractivity contribution in [2.75, 3.05) is 13.1 Å². The predicted molar refractivity (Wildman–Crippen MR) is 87.9 cm³/mol. The molecule has 0 bridgehead atoms. The Labute approximate surface area is 125 Å². The highest BCUT2D eigenvalue weighted by Gasteiger charge is 2.35. The fourth-order valence-electron chi connectivity index (χ4n) is 3.80. The molecule has 1 aliphatic carbocycles. The first-order valence-electron chi connectivity index (χ1n) is 8.82. The quantitative estimate of drug-likeness (QED) is 0.782. The highest BCUT2D eigenvalue weighted by molar-refractivity contribution is 5.17.